The largest absolute Gasteiger partial charge is 0.491 e. The maximum absolute atomic E-state index is 10.3. The maximum Gasteiger partial charge on any atom is 0.194 e. The number of aliphatic hydroxyl groups is 1. The van der Waals surface area contributed by atoms with Crippen molar-refractivity contribution in [1.82, 2.24) is 15.1 Å². The Labute approximate surface area is 162 Å². The van der Waals surface area contributed by atoms with Crippen molar-refractivity contribution in [2.24, 2.45) is 4.99 Å². The van der Waals surface area contributed by atoms with Crippen molar-refractivity contribution < 1.29 is 9.84 Å². The van der Waals surface area contributed by atoms with Gasteiger partial charge in [0.1, 0.15) is 18.5 Å². The van der Waals surface area contributed by atoms with Gasteiger partial charge in [0.15, 0.2) is 5.96 Å². The van der Waals surface area contributed by atoms with E-state index in [1.165, 1.54) is 0 Å². The van der Waals surface area contributed by atoms with Crippen LogP contribution in [-0.4, -0.2) is 78.9 Å². The van der Waals surface area contributed by atoms with Gasteiger partial charge in [-0.25, -0.2) is 0 Å². The second-order valence-electron chi connectivity index (χ2n) is 7.29. The molecule has 2 aliphatic rings. The molecule has 0 saturated carbocycles. The summed E-state index contributed by atoms with van der Waals surface area (Å²) >= 11 is 0. The van der Waals surface area contributed by atoms with Gasteiger partial charge in [-0.15, -0.1) is 0 Å². The lowest BCUT2D eigenvalue weighted by Gasteiger charge is -2.25. The van der Waals surface area contributed by atoms with Crippen molar-refractivity contribution in [2.45, 2.75) is 32.4 Å². The number of nitrogens with one attached hydrogen (secondary N) is 1. The molecule has 148 valence electrons. The summed E-state index contributed by atoms with van der Waals surface area (Å²) in [4.78, 5) is 9.47. The molecule has 6 nitrogen and oxygen atoms in total. The van der Waals surface area contributed by atoms with Crippen molar-refractivity contribution in [3.63, 3.8) is 0 Å². The number of aliphatic hydroxyl groups excluding tert-OH is 1. The minimum Gasteiger partial charge on any atom is -0.491 e. The molecule has 0 aliphatic carbocycles. The number of nitrogens with zero attached hydrogens (tertiary/aromatic N) is 3. The highest BCUT2D eigenvalue weighted by atomic mass is 16.5. The minimum atomic E-state index is -0.625. The first-order chi connectivity index (χ1) is 13.2. The Kier molecular flexibility index (Phi) is 7.12. The number of hydrogen-bond donors (Lipinski definition) is 2. The number of aliphatic imine (C=N–C) groups is 1. The quantitative estimate of drug-likeness (QED) is 0.433. The van der Waals surface area contributed by atoms with Crippen LogP contribution >= 0.6 is 0 Å². The van der Waals surface area contributed by atoms with E-state index in [9.17, 15) is 5.11 Å². The van der Waals surface area contributed by atoms with E-state index in [1.807, 2.05) is 31.2 Å². The fourth-order valence-electron chi connectivity index (χ4n) is 3.59. The first kappa shape index (κ1) is 19.7. The predicted molar refractivity (Wildman–Crippen MR) is 109 cm³/mol. The molecule has 1 aromatic rings. The monoisotopic (exact) mass is 372 g/mol. The highest BCUT2D eigenvalue weighted by molar-refractivity contribution is 5.80. The summed E-state index contributed by atoms with van der Waals surface area (Å²) in [5.41, 5.74) is 1.14. The minimum absolute atomic E-state index is 0.244. The summed E-state index contributed by atoms with van der Waals surface area (Å²) in [7, 11) is 0. The first-order valence-corrected chi connectivity index (χ1v) is 9.95. The fraction of sp³-hybridized carbons (Fsp3) is 0.571. The number of rotatable bonds is 7. The number of aryl methyl sites for hydroxylation is 1. The van der Waals surface area contributed by atoms with Gasteiger partial charge in [0, 0.05) is 38.8 Å². The van der Waals surface area contributed by atoms with Crippen molar-refractivity contribution in [1.29, 1.82) is 0 Å². The van der Waals surface area contributed by atoms with E-state index >= 15 is 0 Å². The zero-order valence-electron chi connectivity index (χ0n) is 16.5. The van der Waals surface area contributed by atoms with Gasteiger partial charge in [0.05, 0.1) is 6.54 Å². The third-order valence-corrected chi connectivity index (χ3v) is 5.04. The highest BCUT2D eigenvalue weighted by Crippen LogP contribution is 2.18. The zero-order chi connectivity index (χ0) is 19.1. The number of guanidine groups is 1. The summed E-state index contributed by atoms with van der Waals surface area (Å²) < 4.78 is 5.68. The Morgan fingerprint density at radius 1 is 1.37 bits per heavy atom. The van der Waals surface area contributed by atoms with Gasteiger partial charge < -0.3 is 20.1 Å². The molecule has 27 heavy (non-hydrogen) atoms. The average molecular weight is 373 g/mol. The lowest BCUT2D eigenvalue weighted by Crippen LogP contribution is -2.43. The van der Waals surface area contributed by atoms with E-state index in [2.05, 4.69) is 39.2 Å². The molecule has 2 aliphatic heterocycles. The molecule has 0 radical (unpaired) electrons. The molecule has 0 aromatic heterocycles. The average Bonchev–Trinajstić information content (AvgIpc) is 3.35. The van der Waals surface area contributed by atoms with Gasteiger partial charge in [-0.2, -0.15) is 0 Å². The van der Waals surface area contributed by atoms with Crippen LogP contribution in [0.1, 0.15) is 18.9 Å². The van der Waals surface area contributed by atoms with Gasteiger partial charge in [-0.1, -0.05) is 24.3 Å². The van der Waals surface area contributed by atoms with E-state index in [1.54, 1.807) is 0 Å². The Morgan fingerprint density at radius 2 is 2.19 bits per heavy atom. The molecule has 0 spiro atoms. The van der Waals surface area contributed by atoms with Crippen LogP contribution < -0.4 is 10.1 Å². The molecule has 2 heterocycles. The first-order valence-electron chi connectivity index (χ1n) is 9.95. The van der Waals surface area contributed by atoms with Crippen LogP contribution in [-0.2, 0) is 0 Å². The predicted octanol–water partition coefficient (Wildman–Crippen LogP) is 1.65. The smallest absolute Gasteiger partial charge is 0.194 e. The van der Waals surface area contributed by atoms with Crippen molar-refractivity contribution in [3.8, 4) is 5.75 Å². The van der Waals surface area contributed by atoms with Gasteiger partial charge in [0.2, 0.25) is 0 Å². The van der Waals surface area contributed by atoms with Crippen LogP contribution in [0.3, 0.4) is 0 Å². The maximum atomic E-state index is 10.3. The Balaban J connectivity index is 1.49. The van der Waals surface area contributed by atoms with E-state index in [0.717, 1.165) is 56.4 Å². The van der Waals surface area contributed by atoms with Crippen LogP contribution in [0.25, 0.3) is 0 Å². The summed E-state index contributed by atoms with van der Waals surface area (Å²) in [5, 5.41) is 13.6. The molecule has 0 bridgehead atoms. The van der Waals surface area contributed by atoms with Crippen molar-refractivity contribution >= 4 is 5.96 Å². The van der Waals surface area contributed by atoms with E-state index in [4.69, 9.17) is 4.74 Å². The van der Waals surface area contributed by atoms with Gasteiger partial charge in [-0.3, -0.25) is 9.89 Å². The molecule has 1 aromatic carbocycles. The van der Waals surface area contributed by atoms with Crippen LogP contribution in [0.4, 0.5) is 0 Å². The zero-order valence-corrected chi connectivity index (χ0v) is 16.5. The summed E-state index contributed by atoms with van der Waals surface area (Å²) in [6.45, 7) is 9.60. The molecule has 1 saturated heterocycles. The van der Waals surface area contributed by atoms with Crippen molar-refractivity contribution in [3.05, 3.63) is 42.0 Å². The molecule has 0 amide bonds. The number of benzene rings is 1. The van der Waals surface area contributed by atoms with Crippen LogP contribution in [0.2, 0.25) is 0 Å². The summed E-state index contributed by atoms with van der Waals surface area (Å²) in [5.74, 6) is 1.67. The van der Waals surface area contributed by atoms with Gasteiger partial charge >= 0.3 is 0 Å². The van der Waals surface area contributed by atoms with Crippen LogP contribution in [0.5, 0.6) is 5.75 Å². The summed E-state index contributed by atoms with van der Waals surface area (Å²) in [6.07, 6.45) is 5.02. The molecular formula is C21H32N4O2. The molecule has 2 N–H and O–H groups in total. The lowest BCUT2D eigenvalue weighted by molar-refractivity contribution is 0.114. The van der Waals surface area contributed by atoms with Gasteiger partial charge in [0.25, 0.3) is 0 Å². The standard InChI is InChI=1S/C21H32N4O2/c1-3-22-21(25-12-9-18(15-25)24-10-4-5-11-24)23-14-19(26)16-27-20-8-6-7-17(2)13-20/h4-8,13,18-19,26H,3,9-12,14-16H2,1-2H3,(H,22,23). The Hall–Kier alpha value is -2.05. The topological polar surface area (TPSA) is 60.3 Å². The molecular weight excluding hydrogens is 340 g/mol. The number of likely N-dealkylation sites (tertiary alicyclic amines) is 1. The van der Waals surface area contributed by atoms with E-state index in [0.29, 0.717) is 12.6 Å². The Morgan fingerprint density at radius 3 is 2.93 bits per heavy atom. The number of ether oxygens (including phenoxy) is 1. The third-order valence-electron chi connectivity index (χ3n) is 5.04. The Bertz CT molecular complexity index is 653. The lowest BCUT2D eigenvalue weighted by atomic mass is 10.2. The second-order valence-corrected chi connectivity index (χ2v) is 7.29. The molecule has 1 fully saturated rings. The molecule has 3 rings (SSSR count). The second kappa shape index (κ2) is 9.76. The SMILES string of the molecule is CCNC(=NCC(O)COc1cccc(C)c1)N1CCC(N2CC=CC2)C1. The number of hydrogen-bond acceptors (Lipinski definition) is 4. The molecule has 2 unspecified atom stereocenters. The molecule has 2 atom stereocenters. The fourth-order valence-corrected chi connectivity index (χ4v) is 3.59. The summed E-state index contributed by atoms with van der Waals surface area (Å²) in [6, 6.07) is 8.44. The normalized spacial score (nSPS) is 21.7. The van der Waals surface area contributed by atoms with Crippen LogP contribution in [0, 0.1) is 6.92 Å². The van der Waals surface area contributed by atoms with E-state index < -0.39 is 6.10 Å². The molecule has 6 heteroatoms. The third kappa shape index (κ3) is 5.71. The van der Waals surface area contributed by atoms with Crippen molar-refractivity contribution in [2.75, 3.05) is 45.9 Å². The highest BCUT2D eigenvalue weighted by Gasteiger charge is 2.29. The van der Waals surface area contributed by atoms with Crippen LogP contribution in [0.15, 0.2) is 41.4 Å². The van der Waals surface area contributed by atoms with E-state index in [-0.39, 0.29) is 6.61 Å². The van der Waals surface area contributed by atoms with Gasteiger partial charge in [-0.05, 0) is 38.0 Å².